The minimum atomic E-state index is 0.0137. The Hall–Kier alpha value is -0.730. The summed E-state index contributed by atoms with van der Waals surface area (Å²) in [5, 5.41) is 0.717. The molecule has 2 N–H and O–H groups in total. The number of methoxy groups -OCH3 is 1. The monoisotopic (exact) mass is 283 g/mol. The zero-order valence-electron chi connectivity index (χ0n) is 12.1. The molecule has 1 atom stereocenters. The molecule has 1 aromatic carbocycles. The zero-order chi connectivity index (χ0) is 14.1. The molecule has 2 nitrogen and oxygen atoms in total. The minimum Gasteiger partial charge on any atom is -0.496 e. The molecule has 0 amide bonds. The van der Waals surface area contributed by atoms with Crippen molar-refractivity contribution in [3.05, 3.63) is 28.8 Å². The van der Waals surface area contributed by atoms with Crippen LogP contribution >= 0.6 is 11.6 Å². The van der Waals surface area contributed by atoms with Crippen molar-refractivity contribution in [2.75, 3.05) is 7.11 Å². The summed E-state index contributed by atoms with van der Waals surface area (Å²) in [6, 6.07) is 5.65. The highest BCUT2D eigenvalue weighted by atomic mass is 35.5. The molecule has 1 rings (SSSR count). The van der Waals surface area contributed by atoms with Crippen molar-refractivity contribution >= 4 is 11.6 Å². The average molecular weight is 284 g/mol. The number of unbranched alkanes of at least 4 members (excludes halogenated alkanes) is 5. The Labute approximate surface area is 122 Å². The number of benzene rings is 1. The van der Waals surface area contributed by atoms with E-state index in [0.29, 0.717) is 5.02 Å². The number of rotatable bonds is 9. The van der Waals surface area contributed by atoms with Gasteiger partial charge in [0.05, 0.1) is 7.11 Å². The van der Waals surface area contributed by atoms with E-state index in [4.69, 9.17) is 22.1 Å². The molecule has 0 bridgehead atoms. The van der Waals surface area contributed by atoms with Crippen LogP contribution in [0.1, 0.15) is 63.5 Å². The molecule has 19 heavy (non-hydrogen) atoms. The van der Waals surface area contributed by atoms with E-state index in [1.807, 2.05) is 18.2 Å². The lowest BCUT2D eigenvalue weighted by molar-refractivity contribution is 0.403. The summed E-state index contributed by atoms with van der Waals surface area (Å²) in [5.41, 5.74) is 7.26. The molecule has 0 heterocycles. The van der Waals surface area contributed by atoms with Gasteiger partial charge in [-0.05, 0) is 24.6 Å². The lowest BCUT2D eigenvalue weighted by atomic mass is 9.99. The molecule has 0 saturated heterocycles. The normalized spacial score (nSPS) is 12.4. The molecule has 1 unspecified atom stereocenters. The van der Waals surface area contributed by atoms with Crippen LogP contribution in [0.15, 0.2) is 18.2 Å². The SMILES string of the molecule is CCCCCCCCC(N)c1cc(Cl)ccc1OC. The highest BCUT2D eigenvalue weighted by Gasteiger charge is 2.12. The molecular weight excluding hydrogens is 258 g/mol. The maximum atomic E-state index is 6.24. The summed E-state index contributed by atoms with van der Waals surface area (Å²) in [4.78, 5) is 0. The van der Waals surface area contributed by atoms with Gasteiger partial charge >= 0.3 is 0 Å². The van der Waals surface area contributed by atoms with Crippen molar-refractivity contribution in [2.24, 2.45) is 5.73 Å². The number of hydrogen-bond acceptors (Lipinski definition) is 2. The van der Waals surface area contributed by atoms with Crippen LogP contribution in [-0.2, 0) is 0 Å². The van der Waals surface area contributed by atoms with Crippen molar-refractivity contribution < 1.29 is 4.74 Å². The number of nitrogens with two attached hydrogens (primary N) is 1. The molecule has 0 aromatic heterocycles. The van der Waals surface area contributed by atoms with Crippen molar-refractivity contribution in [3.8, 4) is 5.75 Å². The molecule has 0 aliphatic heterocycles. The Morgan fingerprint density at radius 3 is 2.53 bits per heavy atom. The molecule has 3 heteroatoms. The number of halogens is 1. The van der Waals surface area contributed by atoms with Gasteiger partial charge in [-0.2, -0.15) is 0 Å². The fourth-order valence-electron chi connectivity index (χ4n) is 2.30. The van der Waals surface area contributed by atoms with Crippen molar-refractivity contribution in [2.45, 2.75) is 57.9 Å². The first-order valence-corrected chi connectivity index (χ1v) is 7.65. The van der Waals surface area contributed by atoms with Gasteiger partial charge < -0.3 is 10.5 Å². The fraction of sp³-hybridized carbons (Fsp3) is 0.625. The Kier molecular flexibility index (Phi) is 7.92. The van der Waals surface area contributed by atoms with Gasteiger partial charge in [0.25, 0.3) is 0 Å². The quantitative estimate of drug-likeness (QED) is 0.640. The third-order valence-electron chi connectivity index (χ3n) is 3.46. The molecule has 1 aromatic rings. The molecule has 0 fully saturated rings. The van der Waals surface area contributed by atoms with E-state index >= 15 is 0 Å². The van der Waals surface area contributed by atoms with Crippen LogP contribution in [0.25, 0.3) is 0 Å². The standard InChI is InChI=1S/C16H26ClNO/c1-3-4-5-6-7-8-9-15(18)14-12-13(17)10-11-16(14)19-2/h10-12,15H,3-9,18H2,1-2H3. The van der Waals surface area contributed by atoms with Gasteiger partial charge in [0, 0.05) is 16.6 Å². The highest BCUT2D eigenvalue weighted by molar-refractivity contribution is 6.30. The van der Waals surface area contributed by atoms with E-state index in [1.54, 1.807) is 7.11 Å². The Bertz CT molecular complexity index is 368. The molecule has 108 valence electrons. The first-order chi connectivity index (χ1) is 9.19. The fourth-order valence-corrected chi connectivity index (χ4v) is 2.48. The van der Waals surface area contributed by atoms with Crippen molar-refractivity contribution in [1.82, 2.24) is 0 Å². The first-order valence-electron chi connectivity index (χ1n) is 7.28. The van der Waals surface area contributed by atoms with Crippen LogP contribution in [0.2, 0.25) is 5.02 Å². The molecule has 0 saturated carbocycles. The van der Waals surface area contributed by atoms with Gasteiger partial charge in [0.15, 0.2) is 0 Å². The Morgan fingerprint density at radius 1 is 1.16 bits per heavy atom. The van der Waals surface area contributed by atoms with Crippen LogP contribution in [0.5, 0.6) is 5.75 Å². The summed E-state index contributed by atoms with van der Waals surface area (Å²) in [6.07, 6.45) is 8.70. The first kappa shape index (κ1) is 16.3. The van der Waals surface area contributed by atoms with Gasteiger partial charge in [-0.3, -0.25) is 0 Å². The van der Waals surface area contributed by atoms with Gasteiger partial charge in [0.2, 0.25) is 0 Å². The van der Waals surface area contributed by atoms with E-state index in [1.165, 1.54) is 38.5 Å². The maximum Gasteiger partial charge on any atom is 0.123 e. The highest BCUT2D eigenvalue weighted by Crippen LogP contribution is 2.29. The second-order valence-corrected chi connectivity index (χ2v) is 5.49. The molecule has 0 aliphatic rings. The van der Waals surface area contributed by atoms with E-state index in [0.717, 1.165) is 17.7 Å². The number of ether oxygens (including phenoxy) is 1. The van der Waals surface area contributed by atoms with Crippen LogP contribution in [-0.4, -0.2) is 7.11 Å². The maximum absolute atomic E-state index is 6.24. The topological polar surface area (TPSA) is 35.2 Å². The molecule has 0 spiro atoms. The molecule has 0 aliphatic carbocycles. The van der Waals surface area contributed by atoms with Gasteiger partial charge in [-0.1, -0.05) is 57.0 Å². The van der Waals surface area contributed by atoms with Gasteiger partial charge in [-0.15, -0.1) is 0 Å². The lowest BCUT2D eigenvalue weighted by Gasteiger charge is -2.16. The van der Waals surface area contributed by atoms with Gasteiger partial charge in [0.1, 0.15) is 5.75 Å². The van der Waals surface area contributed by atoms with E-state index in [2.05, 4.69) is 6.92 Å². The third-order valence-corrected chi connectivity index (χ3v) is 3.69. The predicted molar refractivity (Wildman–Crippen MR) is 82.9 cm³/mol. The summed E-state index contributed by atoms with van der Waals surface area (Å²) >= 11 is 6.03. The zero-order valence-corrected chi connectivity index (χ0v) is 12.9. The van der Waals surface area contributed by atoms with E-state index < -0.39 is 0 Å². The summed E-state index contributed by atoms with van der Waals surface area (Å²) < 4.78 is 5.34. The van der Waals surface area contributed by atoms with Crippen LogP contribution in [0.3, 0.4) is 0 Å². The number of hydrogen-bond donors (Lipinski definition) is 1. The second-order valence-electron chi connectivity index (χ2n) is 5.05. The average Bonchev–Trinajstić information content (AvgIpc) is 2.42. The van der Waals surface area contributed by atoms with E-state index in [9.17, 15) is 0 Å². The molecular formula is C16H26ClNO. The largest absolute Gasteiger partial charge is 0.496 e. The molecule has 0 radical (unpaired) electrons. The predicted octanol–water partition coefficient (Wildman–Crippen LogP) is 5.10. The van der Waals surface area contributed by atoms with Crippen LogP contribution in [0.4, 0.5) is 0 Å². The minimum absolute atomic E-state index is 0.0137. The summed E-state index contributed by atoms with van der Waals surface area (Å²) in [6.45, 7) is 2.24. The van der Waals surface area contributed by atoms with Gasteiger partial charge in [-0.25, -0.2) is 0 Å². The lowest BCUT2D eigenvalue weighted by Crippen LogP contribution is -2.11. The van der Waals surface area contributed by atoms with Crippen molar-refractivity contribution in [3.63, 3.8) is 0 Å². The summed E-state index contributed by atoms with van der Waals surface area (Å²) in [5.74, 6) is 0.836. The Morgan fingerprint density at radius 2 is 1.84 bits per heavy atom. The summed E-state index contributed by atoms with van der Waals surface area (Å²) in [7, 11) is 1.67. The Balaban J connectivity index is 2.40. The van der Waals surface area contributed by atoms with Crippen LogP contribution in [0, 0.1) is 0 Å². The van der Waals surface area contributed by atoms with E-state index in [-0.39, 0.29) is 6.04 Å². The van der Waals surface area contributed by atoms with Crippen molar-refractivity contribution in [1.29, 1.82) is 0 Å². The third kappa shape index (κ3) is 5.84. The smallest absolute Gasteiger partial charge is 0.123 e. The second kappa shape index (κ2) is 9.22. The van der Waals surface area contributed by atoms with Crippen LogP contribution < -0.4 is 10.5 Å².